The van der Waals surface area contributed by atoms with Gasteiger partial charge in [-0.25, -0.2) is 18.1 Å². The van der Waals surface area contributed by atoms with Crippen LogP contribution in [-0.4, -0.2) is 86.3 Å². The average molecular weight is 575 g/mol. The largest absolute Gasteiger partial charge is 0.508 e. The Kier molecular flexibility index (Phi) is 7.03. The molecule has 0 amide bonds. The Hall–Kier alpha value is -4.52. The van der Waals surface area contributed by atoms with Gasteiger partial charge in [-0.1, -0.05) is 25.1 Å². The van der Waals surface area contributed by atoms with E-state index in [0.717, 1.165) is 29.7 Å². The van der Waals surface area contributed by atoms with Crippen molar-refractivity contribution in [1.82, 2.24) is 29.3 Å². The highest BCUT2D eigenvalue weighted by Gasteiger charge is 2.25. The van der Waals surface area contributed by atoms with E-state index in [1.807, 2.05) is 36.4 Å². The molecule has 0 saturated carbocycles. The van der Waals surface area contributed by atoms with Crippen molar-refractivity contribution in [2.24, 2.45) is 0 Å². The Morgan fingerprint density at radius 1 is 0.976 bits per heavy atom. The zero-order chi connectivity index (χ0) is 28.6. The number of anilines is 2. The molecule has 0 radical (unpaired) electrons. The van der Waals surface area contributed by atoms with Crippen LogP contribution in [0.15, 0.2) is 61.1 Å². The molecule has 1 N–H and O–H groups in total. The topological polar surface area (TPSA) is 139 Å². The van der Waals surface area contributed by atoms with Gasteiger partial charge in [0.2, 0.25) is 5.95 Å². The van der Waals surface area contributed by atoms with Crippen LogP contribution in [0.2, 0.25) is 0 Å². The first-order valence-electron chi connectivity index (χ1n) is 13.5. The number of phenolic OH excluding ortho intramolecular Hbond substituents is 1. The molecule has 1 aliphatic rings. The molecule has 12 nitrogen and oxygen atoms in total. The van der Waals surface area contributed by atoms with Crippen LogP contribution in [0, 0.1) is 0 Å². The second kappa shape index (κ2) is 10.8. The molecule has 6 rings (SSSR count). The maximum Gasteiger partial charge on any atom is 0.229 e. The normalized spacial score (nSPS) is 14.3. The Balaban J connectivity index is 1.36. The van der Waals surface area contributed by atoms with Crippen LogP contribution in [0.3, 0.4) is 0 Å². The molecule has 1 fully saturated rings. The molecule has 0 unspecified atom stereocenters. The summed E-state index contributed by atoms with van der Waals surface area (Å²) in [4.78, 5) is 31.4. The van der Waals surface area contributed by atoms with Crippen LogP contribution in [0.4, 0.5) is 11.6 Å². The summed E-state index contributed by atoms with van der Waals surface area (Å²) in [6.07, 6.45) is 3.73. The van der Waals surface area contributed by atoms with E-state index in [1.165, 1.54) is 6.33 Å². The van der Waals surface area contributed by atoms with Crippen molar-refractivity contribution >= 4 is 49.3 Å². The number of aromatic nitrogens is 6. The molecule has 2 aromatic carbocycles. The molecule has 1 saturated heterocycles. The summed E-state index contributed by atoms with van der Waals surface area (Å²) in [6.45, 7) is 4.35. The van der Waals surface area contributed by atoms with Crippen LogP contribution in [0.1, 0.15) is 13.3 Å². The number of sulfone groups is 1. The molecule has 1 aliphatic heterocycles. The van der Waals surface area contributed by atoms with E-state index in [9.17, 15) is 18.3 Å². The maximum atomic E-state index is 12.8. The lowest BCUT2D eigenvalue weighted by atomic mass is 10.2. The monoisotopic (exact) mass is 574 g/mol. The van der Waals surface area contributed by atoms with Crippen LogP contribution < -0.4 is 9.80 Å². The number of imidazole rings is 1. The summed E-state index contributed by atoms with van der Waals surface area (Å²) in [6, 6.07) is 14.9. The zero-order valence-electron chi connectivity index (χ0n) is 22.6. The number of hydrogen-bond acceptors (Lipinski definition) is 10. The van der Waals surface area contributed by atoms with E-state index in [-0.39, 0.29) is 18.0 Å². The third kappa shape index (κ3) is 5.44. The van der Waals surface area contributed by atoms with Gasteiger partial charge in [0.1, 0.15) is 11.5 Å². The summed E-state index contributed by atoms with van der Waals surface area (Å²) in [5, 5.41) is 15.2. The van der Waals surface area contributed by atoms with Crippen LogP contribution >= 0.6 is 0 Å². The number of aromatic hydroxyl groups is 1. The molecule has 41 heavy (non-hydrogen) atoms. The zero-order valence-corrected chi connectivity index (χ0v) is 23.4. The number of rotatable bonds is 9. The van der Waals surface area contributed by atoms with Crippen molar-refractivity contribution in [3.63, 3.8) is 0 Å². The number of hydrogen-bond donors (Lipinski definition) is 1. The third-order valence-corrected chi connectivity index (χ3v) is 8.92. The van der Waals surface area contributed by atoms with Gasteiger partial charge in [-0.15, -0.1) is 0 Å². The van der Waals surface area contributed by atoms with Gasteiger partial charge in [0.15, 0.2) is 32.6 Å². The lowest BCUT2D eigenvalue weighted by Crippen LogP contribution is -2.47. The summed E-state index contributed by atoms with van der Waals surface area (Å²) in [5.41, 5.74) is 2.78. The summed E-state index contributed by atoms with van der Waals surface area (Å²) < 4.78 is 27.8. The lowest BCUT2D eigenvalue weighted by Gasteiger charge is -2.36. The van der Waals surface area contributed by atoms with Gasteiger partial charge in [-0.3, -0.25) is 4.79 Å². The number of phenols is 1. The van der Waals surface area contributed by atoms with Crippen molar-refractivity contribution in [3.8, 4) is 11.6 Å². The van der Waals surface area contributed by atoms with E-state index in [1.54, 1.807) is 34.5 Å². The number of nitrogens with zero attached hydrogens (tertiary/aromatic N) is 8. The van der Waals surface area contributed by atoms with Gasteiger partial charge in [-0.2, -0.15) is 15.1 Å². The number of para-hydroxylation sites is 1. The van der Waals surface area contributed by atoms with Crippen LogP contribution in [0.5, 0.6) is 5.75 Å². The number of fused-ring (bicyclic) bond motifs is 2. The predicted octanol–water partition coefficient (Wildman–Crippen LogP) is 2.59. The Morgan fingerprint density at radius 3 is 2.46 bits per heavy atom. The molecule has 0 atom stereocenters. The smallest absolute Gasteiger partial charge is 0.229 e. The highest BCUT2D eigenvalue weighted by molar-refractivity contribution is 7.92. The van der Waals surface area contributed by atoms with Gasteiger partial charge in [-0.05, 0) is 36.8 Å². The number of Topliss-reactive ketones (excluding diaryl/α,β-unsaturated/α-hetero) is 1. The fourth-order valence-electron chi connectivity index (χ4n) is 5.16. The second-order valence-electron chi connectivity index (χ2n) is 10.1. The minimum atomic E-state index is -3.47. The first-order valence-corrected chi connectivity index (χ1v) is 15.3. The number of carbonyl (C=O) groups is 1. The van der Waals surface area contributed by atoms with Gasteiger partial charge >= 0.3 is 0 Å². The standard InChI is InChI=1S/C28H30N8O4S/c1-2-15-41(39,40)18-23(38)17-35-19-29-25-26(35)31-28(32-27(25)36-24-6-4-3-5-20(24)16-30-36)34-13-11-33(12-14-34)21-7-9-22(37)10-8-21/h3-10,16,19,37H,2,11-15,17-18H2,1H3. The molecular weight excluding hydrogens is 544 g/mol. The SMILES string of the molecule is CCCS(=O)(=O)CC(=O)Cn1cnc2c(-n3ncc4ccccc43)nc(N3CCN(c4ccc(O)cc4)CC3)nc21. The van der Waals surface area contributed by atoms with Crippen LogP contribution in [0.25, 0.3) is 27.9 Å². The minimum Gasteiger partial charge on any atom is -0.508 e. The Bertz CT molecular complexity index is 1820. The number of carbonyl (C=O) groups excluding carboxylic acids is 1. The fraction of sp³-hybridized carbons (Fsp3) is 0.321. The van der Waals surface area contributed by atoms with Crippen molar-refractivity contribution < 1.29 is 18.3 Å². The predicted molar refractivity (Wildman–Crippen MR) is 156 cm³/mol. The molecule has 13 heteroatoms. The highest BCUT2D eigenvalue weighted by Crippen LogP contribution is 2.27. The van der Waals surface area contributed by atoms with E-state index >= 15 is 0 Å². The third-order valence-electron chi connectivity index (χ3n) is 7.13. The number of piperazine rings is 1. The first kappa shape index (κ1) is 26.7. The van der Waals surface area contributed by atoms with E-state index < -0.39 is 21.4 Å². The fourth-order valence-corrected chi connectivity index (χ4v) is 6.50. The van der Waals surface area contributed by atoms with Crippen molar-refractivity contribution in [1.29, 1.82) is 0 Å². The Labute approximate surface area is 236 Å². The van der Waals surface area contributed by atoms with E-state index in [4.69, 9.17) is 9.97 Å². The van der Waals surface area contributed by atoms with Crippen molar-refractivity contribution in [2.45, 2.75) is 19.9 Å². The Morgan fingerprint density at radius 2 is 1.71 bits per heavy atom. The van der Waals surface area contributed by atoms with Crippen LogP contribution in [-0.2, 0) is 21.2 Å². The molecule has 3 aromatic heterocycles. The minimum absolute atomic E-state index is 0.0254. The van der Waals surface area contributed by atoms with Gasteiger partial charge in [0, 0.05) is 37.3 Å². The van der Waals surface area contributed by atoms with E-state index in [0.29, 0.717) is 42.4 Å². The lowest BCUT2D eigenvalue weighted by molar-refractivity contribution is -0.117. The molecule has 0 aliphatic carbocycles. The van der Waals surface area contributed by atoms with Gasteiger partial charge in [0.25, 0.3) is 0 Å². The first-order chi connectivity index (χ1) is 19.8. The summed E-state index contributed by atoms with van der Waals surface area (Å²) >= 11 is 0. The highest BCUT2D eigenvalue weighted by atomic mass is 32.2. The van der Waals surface area contributed by atoms with E-state index in [2.05, 4.69) is 19.9 Å². The number of ketones is 1. The van der Waals surface area contributed by atoms with Crippen molar-refractivity contribution in [3.05, 3.63) is 61.1 Å². The molecule has 212 valence electrons. The molecular formula is C28H30N8O4S. The second-order valence-corrected chi connectivity index (χ2v) is 12.3. The molecule has 5 aromatic rings. The quantitative estimate of drug-likeness (QED) is 0.279. The maximum absolute atomic E-state index is 12.8. The molecule has 0 bridgehead atoms. The summed E-state index contributed by atoms with van der Waals surface area (Å²) in [5.74, 6) is 0.219. The molecule has 4 heterocycles. The molecule has 0 spiro atoms. The van der Waals surface area contributed by atoms with Gasteiger partial charge < -0.3 is 19.5 Å². The van der Waals surface area contributed by atoms with Crippen molar-refractivity contribution in [2.75, 3.05) is 47.5 Å². The average Bonchev–Trinajstić information content (AvgIpc) is 3.57. The van der Waals surface area contributed by atoms with Gasteiger partial charge in [0.05, 0.1) is 30.3 Å². The number of benzene rings is 2. The summed E-state index contributed by atoms with van der Waals surface area (Å²) in [7, 11) is -3.47.